The molecule has 2 rings (SSSR count). The van der Waals surface area contributed by atoms with Crippen molar-refractivity contribution in [3.05, 3.63) is 21.0 Å². The lowest BCUT2D eigenvalue weighted by Gasteiger charge is -2.15. The molecule has 6 heteroatoms. The minimum atomic E-state index is -0.0735. The summed E-state index contributed by atoms with van der Waals surface area (Å²) in [6.45, 7) is 3.89. The maximum absolute atomic E-state index is 12.0. The zero-order chi connectivity index (χ0) is 12.4. The van der Waals surface area contributed by atoms with Gasteiger partial charge in [-0.2, -0.15) is 16.9 Å². The summed E-state index contributed by atoms with van der Waals surface area (Å²) in [6.07, 6.45) is 2.87. The number of thioether (sulfide) groups is 1. The second kappa shape index (κ2) is 5.44. The van der Waals surface area contributed by atoms with Crippen molar-refractivity contribution in [2.45, 2.75) is 32.4 Å². The molecule has 0 saturated carbocycles. The quantitative estimate of drug-likeness (QED) is 0.930. The Balaban J connectivity index is 2.24. The monoisotopic (exact) mass is 317 g/mol. The predicted octanol–water partition coefficient (Wildman–Crippen LogP) is 2.50. The number of hydrogen-bond donors (Lipinski definition) is 1. The van der Waals surface area contributed by atoms with Crippen molar-refractivity contribution in [3.63, 3.8) is 0 Å². The molecule has 0 spiro atoms. The number of anilines is 1. The van der Waals surface area contributed by atoms with Gasteiger partial charge in [0.2, 0.25) is 0 Å². The molecule has 1 saturated heterocycles. The third kappa shape index (κ3) is 2.85. The fraction of sp³-hybridized carbons (Fsp3) is 0.636. The third-order valence-electron chi connectivity index (χ3n) is 2.72. The van der Waals surface area contributed by atoms with E-state index >= 15 is 0 Å². The van der Waals surface area contributed by atoms with Crippen molar-refractivity contribution >= 4 is 33.4 Å². The van der Waals surface area contributed by atoms with Crippen LogP contribution < -0.4 is 10.9 Å². The van der Waals surface area contributed by atoms with E-state index in [1.165, 1.54) is 10.4 Å². The number of nitrogens with zero attached hydrogens (tertiary/aromatic N) is 2. The molecular weight excluding hydrogens is 302 g/mol. The lowest BCUT2D eigenvalue weighted by Crippen LogP contribution is -2.28. The first-order valence-corrected chi connectivity index (χ1v) is 7.66. The number of halogens is 1. The van der Waals surface area contributed by atoms with Crippen molar-refractivity contribution in [2.75, 3.05) is 16.8 Å². The van der Waals surface area contributed by atoms with Crippen LogP contribution in [0.4, 0.5) is 5.69 Å². The van der Waals surface area contributed by atoms with Gasteiger partial charge in [0.25, 0.3) is 5.56 Å². The second-order valence-corrected chi connectivity index (χ2v) is 6.36. The Morgan fingerprint density at radius 2 is 2.41 bits per heavy atom. The van der Waals surface area contributed by atoms with Crippen LogP contribution in [0.5, 0.6) is 0 Å². The largest absolute Gasteiger partial charge is 0.379 e. The Bertz CT molecular complexity index is 455. The first-order valence-electron chi connectivity index (χ1n) is 5.71. The van der Waals surface area contributed by atoms with Gasteiger partial charge in [-0.3, -0.25) is 4.79 Å². The third-order valence-corrected chi connectivity index (χ3v) is 4.65. The lowest BCUT2D eigenvalue weighted by atomic mass is 10.2. The van der Waals surface area contributed by atoms with Gasteiger partial charge in [0.15, 0.2) is 0 Å². The molecule has 1 atom stereocenters. The number of hydrogen-bond acceptors (Lipinski definition) is 4. The van der Waals surface area contributed by atoms with E-state index in [0.717, 1.165) is 17.9 Å². The highest BCUT2D eigenvalue weighted by atomic mass is 79.9. The molecule has 1 fully saturated rings. The average molecular weight is 318 g/mol. The molecule has 4 nitrogen and oxygen atoms in total. The van der Waals surface area contributed by atoms with E-state index in [1.54, 1.807) is 6.20 Å². The highest BCUT2D eigenvalue weighted by molar-refractivity contribution is 9.10. The average Bonchev–Trinajstić information content (AvgIpc) is 2.77. The van der Waals surface area contributed by atoms with Gasteiger partial charge in [-0.1, -0.05) is 0 Å². The molecule has 0 amide bonds. The van der Waals surface area contributed by atoms with Crippen molar-refractivity contribution in [1.29, 1.82) is 0 Å². The van der Waals surface area contributed by atoms with Crippen LogP contribution in [0, 0.1) is 0 Å². The molecule has 0 radical (unpaired) electrons. The first kappa shape index (κ1) is 13.0. The standard InChI is InChI=1S/C11H16BrN3OS/c1-7(2)15-11(16)10(12)9(5-13-15)14-8-3-4-17-6-8/h5,7-8,14H,3-4,6H2,1-2H3. The predicted molar refractivity (Wildman–Crippen MR) is 75.9 cm³/mol. The van der Waals surface area contributed by atoms with E-state index in [9.17, 15) is 4.79 Å². The maximum atomic E-state index is 12.0. The summed E-state index contributed by atoms with van der Waals surface area (Å²) in [5.74, 6) is 2.28. The SMILES string of the molecule is CC(C)n1ncc(NC2CCSC2)c(Br)c1=O. The van der Waals surface area contributed by atoms with Crippen LogP contribution >= 0.6 is 27.7 Å². The van der Waals surface area contributed by atoms with Crippen LogP contribution in [-0.2, 0) is 0 Å². The molecule has 2 heterocycles. The fourth-order valence-corrected chi connectivity index (χ4v) is 3.33. The van der Waals surface area contributed by atoms with Gasteiger partial charge < -0.3 is 5.32 Å². The van der Waals surface area contributed by atoms with E-state index in [-0.39, 0.29) is 11.6 Å². The number of rotatable bonds is 3. The van der Waals surface area contributed by atoms with Gasteiger partial charge >= 0.3 is 0 Å². The van der Waals surface area contributed by atoms with Crippen LogP contribution in [0.25, 0.3) is 0 Å². The summed E-state index contributed by atoms with van der Waals surface area (Å²) in [7, 11) is 0. The number of nitrogens with one attached hydrogen (secondary N) is 1. The smallest absolute Gasteiger partial charge is 0.283 e. The van der Waals surface area contributed by atoms with Gasteiger partial charge in [-0.05, 0) is 42.0 Å². The van der Waals surface area contributed by atoms with Gasteiger partial charge in [0, 0.05) is 11.8 Å². The van der Waals surface area contributed by atoms with E-state index in [4.69, 9.17) is 0 Å². The normalized spacial score (nSPS) is 19.9. The van der Waals surface area contributed by atoms with Gasteiger partial charge in [0.1, 0.15) is 4.47 Å². The van der Waals surface area contributed by atoms with Gasteiger partial charge in [0.05, 0.1) is 17.9 Å². The van der Waals surface area contributed by atoms with E-state index in [2.05, 4.69) is 26.3 Å². The Kier molecular flexibility index (Phi) is 4.14. The minimum absolute atomic E-state index is 0.0735. The zero-order valence-corrected chi connectivity index (χ0v) is 12.3. The summed E-state index contributed by atoms with van der Waals surface area (Å²) in [4.78, 5) is 12.0. The second-order valence-electron chi connectivity index (χ2n) is 4.42. The summed E-state index contributed by atoms with van der Waals surface area (Å²) in [5, 5.41) is 7.56. The van der Waals surface area contributed by atoms with Crippen LogP contribution in [0.15, 0.2) is 15.5 Å². The van der Waals surface area contributed by atoms with Crippen LogP contribution in [-0.4, -0.2) is 27.3 Å². The fourth-order valence-electron chi connectivity index (χ4n) is 1.78. The molecule has 1 aromatic rings. The van der Waals surface area contributed by atoms with Crippen molar-refractivity contribution in [2.24, 2.45) is 0 Å². The Morgan fingerprint density at radius 1 is 1.65 bits per heavy atom. The van der Waals surface area contributed by atoms with E-state index in [0.29, 0.717) is 10.5 Å². The van der Waals surface area contributed by atoms with Crippen molar-refractivity contribution in [1.82, 2.24) is 9.78 Å². The molecule has 1 aromatic heterocycles. The molecule has 1 unspecified atom stereocenters. The van der Waals surface area contributed by atoms with E-state index < -0.39 is 0 Å². The molecule has 1 N–H and O–H groups in total. The highest BCUT2D eigenvalue weighted by Gasteiger charge is 2.18. The summed E-state index contributed by atoms with van der Waals surface area (Å²) in [6, 6.07) is 0.530. The summed E-state index contributed by atoms with van der Waals surface area (Å²) in [5.41, 5.74) is 0.732. The van der Waals surface area contributed by atoms with Gasteiger partial charge in [-0.15, -0.1) is 0 Å². The van der Waals surface area contributed by atoms with E-state index in [1.807, 2.05) is 25.6 Å². The molecule has 94 valence electrons. The molecule has 0 aliphatic carbocycles. The molecule has 1 aliphatic heterocycles. The Morgan fingerprint density at radius 3 is 3.00 bits per heavy atom. The topological polar surface area (TPSA) is 46.9 Å². The molecule has 17 heavy (non-hydrogen) atoms. The maximum Gasteiger partial charge on any atom is 0.283 e. The molecule has 1 aliphatic rings. The lowest BCUT2D eigenvalue weighted by molar-refractivity contribution is 0.501. The highest BCUT2D eigenvalue weighted by Crippen LogP contribution is 2.24. The first-order chi connectivity index (χ1) is 8.09. The van der Waals surface area contributed by atoms with Crippen LogP contribution in [0.1, 0.15) is 26.3 Å². The van der Waals surface area contributed by atoms with Gasteiger partial charge in [-0.25, -0.2) is 4.68 Å². The van der Waals surface area contributed by atoms with Crippen molar-refractivity contribution < 1.29 is 0 Å². The Hall–Kier alpha value is -0.490. The van der Waals surface area contributed by atoms with Crippen molar-refractivity contribution in [3.8, 4) is 0 Å². The summed E-state index contributed by atoms with van der Waals surface area (Å²) >= 11 is 5.30. The molecular formula is C11H16BrN3OS. The minimum Gasteiger partial charge on any atom is -0.379 e. The Labute approximate surface area is 113 Å². The molecule has 0 aromatic carbocycles. The van der Waals surface area contributed by atoms with Crippen LogP contribution in [0.3, 0.4) is 0 Å². The summed E-state index contributed by atoms with van der Waals surface area (Å²) < 4.78 is 2.07. The molecule has 0 bridgehead atoms. The zero-order valence-electron chi connectivity index (χ0n) is 9.94. The number of aromatic nitrogens is 2. The van der Waals surface area contributed by atoms with Crippen LogP contribution in [0.2, 0.25) is 0 Å².